The molecule has 1 rings (SSSR count). The third-order valence-corrected chi connectivity index (χ3v) is 3.50. The van der Waals surface area contributed by atoms with E-state index in [2.05, 4.69) is 18.4 Å². The Kier molecular flexibility index (Phi) is 4.65. The normalized spacial score (nSPS) is 16.4. The number of rotatable bonds is 5. The fraction of sp³-hybridized carbons (Fsp3) is 0.467. The molecule has 0 aliphatic heterocycles. The maximum absolute atomic E-state index is 13.0. The summed E-state index contributed by atoms with van der Waals surface area (Å²) in [5, 5.41) is 0. The first kappa shape index (κ1) is 14.9. The highest BCUT2D eigenvalue weighted by Crippen LogP contribution is 2.31. The highest BCUT2D eigenvalue weighted by molar-refractivity contribution is 5.28. The molecule has 1 aromatic rings. The molecule has 0 fully saturated rings. The predicted molar refractivity (Wildman–Crippen MR) is 74.8 cm³/mol. The van der Waals surface area contributed by atoms with E-state index in [1.54, 1.807) is 12.1 Å². The lowest BCUT2D eigenvalue weighted by Gasteiger charge is -2.40. The average Bonchev–Trinajstić information content (AvgIpc) is 2.27. The third kappa shape index (κ3) is 3.18. The van der Waals surface area contributed by atoms with Crippen LogP contribution in [0.3, 0.4) is 0 Å². The van der Waals surface area contributed by atoms with Crippen LogP contribution in [0.1, 0.15) is 25.8 Å². The van der Waals surface area contributed by atoms with Gasteiger partial charge in [-0.15, -0.1) is 6.58 Å². The van der Waals surface area contributed by atoms with Crippen LogP contribution in [0.25, 0.3) is 0 Å². The van der Waals surface area contributed by atoms with Crippen molar-refractivity contribution in [3.05, 3.63) is 47.8 Å². The van der Waals surface area contributed by atoms with E-state index in [0.29, 0.717) is 6.42 Å². The molecule has 3 heteroatoms. The molecule has 0 heterocycles. The zero-order valence-corrected chi connectivity index (χ0v) is 11.7. The second-order valence-electron chi connectivity index (χ2n) is 5.32. The molecule has 1 aromatic carbocycles. The summed E-state index contributed by atoms with van der Waals surface area (Å²) in [4.78, 5) is 2.08. The first-order valence-electron chi connectivity index (χ1n) is 6.13. The van der Waals surface area contributed by atoms with Gasteiger partial charge in [-0.3, -0.25) is 0 Å². The van der Waals surface area contributed by atoms with Crippen LogP contribution in [0.2, 0.25) is 0 Å². The summed E-state index contributed by atoms with van der Waals surface area (Å²) in [7, 11) is 3.99. The van der Waals surface area contributed by atoms with Crippen molar-refractivity contribution in [1.82, 2.24) is 4.90 Å². The van der Waals surface area contributed by atoms with Gasteiger partial charge in [0.25, 0.3) is 0 Å². The highest BCUT2D eigenvalue weighted by atomic mass is 19.1. The van der Waals surface area contributed by atoms with Gasteiger partial charge in [0.1, 0.15) is 5.82 Å². The van der Waals surface area contributed by atoms with Crippen molar-refractivity contribution in [2.75, 3.05) is 14.1 Å². The average molecular weight is 250 g/mol. The molecule has 18 heavy (non-hydrogen) atoms. The van der Waals surface area contributed by atoms with Gasteiger partial charge in [0.2, 0.25) is 0 Å². The molecule has 2 N–H and O–H groups in total. The van der Waals surface area contributed by atoms with E-state index in [4.69, 9.17) is 5.73 Å². The Balaban J connectivity index is 3.19. The number of halogens is 1. The number of benzene rings is 1. The number of nitrogens with zero attached hydrogens (tertiary/aromatic N) is 1. The molecule has 0 saturated carbocycles. The molecule has 0 aliphatic carbocycles. The fourth-order valence-electron chi connectivity index (χ4n) is 2.21. The van der Waals surface area contributed by atoms with Crippen LogP contribution in [0.15, 0.2) is 36.4 Å². The van der Waals surface area contributed by atoms with Crippen LogP contribution >= 0.6 is 0 Å². The number of hydrogen-bond donors (Lipinski definition) is 1. The first-order valence-corrected chi connectivity index (χ1v) is 6.13. The van der Waals surface area contributed by atoms with Gasteiger partial charge in [-0.25, -0.2) is 4.39 Å². The number of hydrogen-bond acceptors (Lipinski definition) is 2. The van der Waals surface area contributed by atoms with E-state index < -0.39 is 5.54 Å². The van der Waals surface area contributed by atoms with Crippen molar-refractivity contribution in [1.29, 1.82) is 0 Å². The lowest BCUT2D eigenvalue weighted by atomic mass is 9.79. The SMILES string of the molecule is C=C(C)CC(N)(c1ccc(F)cc1)C(C)N(C)C. The predicted octanol–water partition coefficient (Wildman–Crippen LogP) is 2.90. The molecule has 2 nitrogen and oxygen atoms in total. The van der Waals surface area contributed by atoms with E-state index in [1.807, 2.05) is 21.0 Å². The molecule has 0 aliphatic rings. The van der Waals surface area contributed by atoms with Crippen molar-refractivity contribution in [2.24, 2.45) is 5.73 Å². The van der Waals surface area contributed by atoms with Gasteiger partial charge in [0.05, 0.1) is 5.54 Å². The van der Waals surface area contributed by atoms with Crippen molar-refractivity contribution >= 4 is 0 Å². The lowest BCUT2D eigenvalue weighted by Crippen LogP contribution is -2.52. The monoisotopic (exact) mass is 250 g/mol. The van der Waals surface area contributed by atoms with Gasteiger partial charge in [-0.2, -0.15) is 0 Å². The minimum atomic E-state index is -0.553. The summed E-state index contributed by atoms with van der Waals surface area (Å²) in [5.74, 6) is -0.242. The molecule has 0 bridgehead atoms. The standard InChI is InChI=1S/C15H23FN2/c1-11(2)10-15(17,12(3)18(4)5)13-6-8-14(16)9-7-13/h6-9,12H,1,10,17H2,2-5H3. The van der Waals surface area contributed by atoms with Crippen LogP contribution < -0.4 is 5.73 Å². The van der Waals surface area contributed by atoms with Gasteiger partial charge in [-0.1, -0.05) is 17.7 Å². The minimum absolute atomic E-state index is 0.125. The maximum Gasteiger partial charge on any atom is 0.123 e. The molecule has 2 atom stereocenters. The van der Waals surface area contributed by atoms with Gasteiger partial charge in [0.15, 0.2) is 0 Å². The quantitative estimate of drug-likeness (QED) is 0.814. The van der Waals surface area contributed by atoms with Crippen molar-refractivity contribution < 1.29 is 4.39 Å². The Morgan fingerprint density at radius 3 is 2.28 bits per heavy atom. The minimum Gasteiger partial charge on any atom is -0.320 e. The van der Waals surface area contributed by atoms with E-state index in [-0.39, 0.29) is 11.9 Å². The Morgan fingerprint density at radius 1 is 1.39 bits per heavy atom. The number of nitrogens with two attached hydrogens (primary N) is 1. The molecule has 0 amide bonds. The van der Waals surface area contributed by atoms with E-state index in [0.717, 1.165) is 11.1 Å². The number of likely N-dealkylation sites (N-methyl/N-ethyl adjacent to an activating group) is 1. The van der Waals surface area contributed by atoms with Crippen LogP contribution in [0, 0.1) is 5.82 Å². The molecular weight excluding hydrogens is 227 g/mol. The van der Waals surface area contributed by atoms with Crippen molar-refractivity contribution in [2.45, 2.75) is 31.8 Å². The summed E-state index contributed by atoms with van der Waals surface area (Å²) in [6.07, 6.45) is 0.679. The molecular formula is C15H23FN2. The summed E-state index contributed by atoms with van der Waals surface area (Å²) >= 11 is 0. The summed E-state index contributed by atoms with van der Waals surface area (Å²) < 4.78 is 13.0. The van der Waals surface area contributed by atoms with Gasteiger partial charge in [0, 0.05) is 6.04 Å². The van der Waals surface area contributed by atoms with E-state index >= 15 is 0 Å². The molecule has 0 radical (unpaired) electrons. The maximum atomic E-state index is 13.0. The summed E-state index contributed by atoms with van der Waals surface area (Å²) in [5.41, 5.74) is 8.00. The Labute approximate surface area is 109 Å². The molecule has 0 spiro atoms. The molecule has 100 valence electrons. The smallest absolute Gasteiger partial charge is 0.123 e. The zero-order valence-electron chi connectivity index (χ0n) is 11.7. The fourth-order valence-corrected chi connectivity index (χ4v) is 2.21. The Hall–Kier alpha value is -1.19. The van der Waals surface area contributed by atoms with Crippen LogP contribution in [0.4, 0.5) is 4.39 Å². The van der Waals surface area contributed by atoms with Crippen molar-refractivity contribution in [3.8, 4) is 0 Å². The van der Waals surface area contributed by atoms with Crippen LogP contribution in [-0.4, -0.2) is 25.0 Å². The van der Waals surface area contributed by atoms with Crippen LogP contribution in [0.5, 0.6) is 0 Å². The highest BCUT2D eigenvalue weighted by Gasteiger charge is 2.35. The van der Waals surface area contributed by atoms with Gasteiger partial charge in [-0.05, 0) is 52.1 Å². The summed E-state index contributed by atoms with van der Waals surface area (Å²) in [6, 6.07) is 6.56. The van der Waals surface area contributed by atoms with Gasteiger partial charge < -0.3 is 10.6 Å². The van der Waals surface area contributed by atoms with Crippen molar-refractivity contribution in [3.63, 3.8) is 0 Å². The third-order valence-electron chi connectivity index (χ3n) is 3.50. The molecule has 0 saturated heterocycles. The van der Waals surface area contributed by atoms with E-state index in [1.165, 1.54) is 12.1 Å². The zero-order chi connectivity index (χ0) is 13.9. The lowest BCUT2D eigenvalue weighted by molar-refractivity contribution is 0.190. The molecule has 2 unspecified atom stereocenters. The Bertz CT molecular complexity index is 411. The topological polar surface area (TPSA) is 29.3 Å². The van der Waals surface area contributed by atoms with Crippen LogP contribution in [-0.2, 0) is 5.54 Å². The van der Waals surface area contributed by atoms with E-state index in [9.17, 15) is 4.39 Å². The second kappa shape index (κ2) is 5.63. The summed E-state index contributed by atoms with van der Waals surface area (Å²) in [6.45, 7) is 7.99. The molecule has 0 aromatic heterocycles. The second-order valence-corrected chi connectivity index (χ2v) is 5.32. The first-order chi connectivity index (χ1) is 8.27. The Morgan fingerprint density at radius 2 is 1.89 bits per heavy atom. The van der Waals surface area contributed by atoms with Gasteiger partial charge >= 0.3 is 0 Å². The largest absolute Gasteiger partial charge is 0.320 e.